The molecular weight excluding hydrogens is 234 g/mol. The number of hydrogen-bond donors (Lipinski definition) is 0. The molecule has 0 unspecified atom stereocenters. The average Bonchev–Trinajstić information content (AvgIpc) is 2.77. The van der Waals surface area contributed by atoms with Gasteiger partial charge in [0.05, 0.1) is 18.7 Å². The molecule has 1 aliphatic rings. The van der Waals surface area contributed by atoms with Crippen LogP contribution in [0.2, 0.25) is 0 Å². The number of imide groups is 1. The summed E-state index contributed by atoms with van der Waals surface area (Å²) in [7, 11) is 0. The number of nitriles is 2. The summed E-state index contributed by atoms with van der Waals surface area (Å²) >= 11 is 0. The Morgan fingerprint density at radius 1 is 1.50 bits per heavy atom. The van der Waals surface area contributed by atoms with E-state index in [1.54, 1.807) is 0 Å². The summed E-state index contributed by atoms with van der Waals surface area (Å²) in [6.45, 7) is 2.39. The van der Waals surface area contributed by atoms with Gasteiger partial charge in [0, 0.05) is 6.42 Å². The molecule has 1 aliphatic heterocycles. The van der Waals surface area contributed by atoms with Crippen molar-refractivity contribution in [3.63, 3.8) is 0 Å². The maximum absolute atomic E-state index is 11.9. The minimum atomic E-state index is -0.812. The molecule has 1 saturated heterocycles. The maximum Gasteiger partial charge on any atom is 0.416 e. The van der Waals surface area contributed by atoms with Gasteiger partial charge in [-0.15, -0.1) is 0 Å². The van der Waals surface area contributed by atoms with Gasteiger partial charge in [0.2, 0.25) is 5.91 Å². The summed E-state index contributed by atoms with van der Waals surface area (Å²) in [5.41, 5.74) is 0. The van der Waals surface area contributed by atoms with Crippen LogP contribution < -0.4 is 0 Å². The molecule has 0 aromatic rings. The zero-order chi connectivity index (χ0) is 13.5. The highest BCUT2D eigenvalue weighted by Crippen LogP contribution is 2.22. The van der Waals surface area contributed by atoms with E-state index in [1.807, 2.05) is 19.1 Å². The summed E-state index contributed by atoms with van der Waals surface area (Å²) in [6.07, 6.45) is 0.790. The molecule has 1 atom stereocenters. The van der Waals surface area contributed by atoms with Gasteiger partial charge in [0.1, 0.15) is 12.5 Å². The van der Waals surface area contributed by atoms with Gasteiger partial charge >= 0.3 is 6.09 Å². The number of rotatable bonds is 5. The largest absolute Gasteiger partial charge is 0.447 e. The Morgan fingerprint density at radius 3 is 2.61 bits per heavy atom. The molecule has 1 heterocycles. The summed E-state index contributed by atoms with van der Waals surface area (Å²) in [5, 5.41) is 17.7. The lowest BCUT2D eigenvalue weighted by Crippen LogP contribution is -2.34. The summed E-state index contributed by atoms with van der Waals surface area (Å²) in [6, 6.07) is 3.79. The predicted molar refractivity (Wildman–Crippen MR) is 60.8 cm³/mol. The number of cyclic esters (lactones) is 1. The van der Waals surface area contributed by atoms with E-state index >= 15 is 0 Å². The van der Waals surface area contributed by atoms with E-state index in [1.165, 1.54) is 0 Å². The summed E-state index contributed by atoms with van der Waals surface area (Å²) in [4.78, 5) is 24.1. The van der Waals surface area contributed by atoms with Crippen molar-refractivity contribution >= 4 is 12.0 Å². The molecule has 0 N–H and O–H groups in total. The third-order valence-electron chi connectivity index (χ3n) is 2.91. The van der Waals surface area contributed by atoms with Crippen molar-refractivity contribution in [1.82, 2.24) is 4.90 Å². The van der Waals surface area contributed by atoms with Crippen LogP contribution in [0.15, 0.2) is 0 Å². The third-order valence-corrected chi connectivity index (χ3v) is 2.91. The Balaban J connectivity index is 2.66. The molecule has 0 aromatic carbocycles. The van der Waals surface area contributed by atoms with Crippen LogP contribution in [0.5, 0.6) is 0 Å². The van der Waals surface area contributed by atoms with Crippen molar-refractivity contribution < 1.29 is 14.3 Å². The van der Waals surface area contributed by atoms with E-state index < -0.39 is 12.0 Å². The molecular formula is C12H15N3O3. The monoisotopic (exact) mass is 249 g/mol. The molecule has 1 fully saturated rings. The number of amides is 2. The number of carbonyl (C=O) groups excluding carboxylic acids is 2. The van der Waals surface area contributed by atoms with Gasteiger partial charge < -0.3 is 4.74 Å². The second-order valence-corrected chi connectivity index (χ2v) is 4.15. The molecule has 6 nitrogen and oxygen atoms in total. The Labute approximate surface area is 106 Å². The second-order valence-electron chi connectivity index (χ2n) is 4.15. The average molecular weight is 249 g/mol. The van der Waals surface area contributed by atoms with E-state index in [0.717, 1.165) is 11.3 Å². The normalized spacial score (nSPS) is 16.0. The first-order valence-corrected chi connectivity index (χ1v) is 5.90. The van der Waals surface area contributed by atoms with Crippen LogP contribution in [0.25, 0.3) is 0 Å². The molecule has 1 rings (SSSR count). The van der Waals surface area contributed by atoms with Crippen LogP contribution in [-0.2, 0) is 9.53 Å². The molecule has 18 heavy (non-hydrogen) atoms. The molecule has 0 aromatic heterocycles. The van der Waals surface area contributed by atoms with Crippen LogP contribution in [0.4, 0.5) is 4.79 Å². The molecule has 0 saturated carbocycles. The summed E-state index contributed by atoms with van der Waals surface area (Å²) in [5.74, 6) is -1.51. The van der Waals surface area contributed by atoms with Crippen molar-refractivity contribution in [2.24, 2.45) is 11.8 Å². The first-order valence-electron chi connectivity index (χ1n) is 5.90. The zero-order valence-corrected chi connectivity index (χ0v) is 10.3. The lowest BCUT2D eigenvalue weighted by Gasteiger charge is -2.18. The Kier molecular flexibility index (Phi) is 5.13. The lowest BCUT2D eigenvalue weighted by molar-refractivity contribution is -0.128. The van der Waals surface area contributed by atoms with Gasteiger partial charge in [-0.3, -0.25) is 4.79 Å². The predicted octanol–water partition coefficient (Wildman–Crippen LogP) is 1.43. The van der Waals surface area contributed by atoms with Crippen LogP contribution in [0.1, 0.15) is 26.2 Å². The molecule has 0 spiro atoms. The Bertz CT molecular complexity index is 394. The minimum absolute atomic E-state index is 0.0364. The topological polar surface area (TPSA) is 94.2 Å². The van der Waals surface area contributed by atoms with E-state index in [9.17, 15) is 9.59 Å². The van der Waals surface area contributed by atoms with Gasteiger partial charge in [0.15, 0.2) is 0 Å². The first-order chi connectivity index (χ1) is 8.63. The molecule has 0 bridgehead atoms. The quantitative estimate of drug-likeness (QED) is 0.734. The molecule has 2 amide bonds. The second kappa shape index (κ2) is 6.61. The van der Waals surface area contributed by atoms with Crippen LogP contribution >= 0.6 is 0 Å². The number of nitrogens with zero attached hydrogens (tertiary/aromatic N) is 3. The van der Waals surface area contributed by atoms with Gasteiger partial charge in [0.25, 0.3) is 0 Å². The fraction of sp³-hybridized carbons (Fsp3) is 0.667. The Morgan fingerprint density at radius 2 is 2.17 bits per heavy atom. The SMILES string of the molecule is CCC[C@H](CC(=O)N1CCOC1=O)C(C#N)C#N. The minimum Gasteiger partial charge on any atom is -0.447 e. The fourth-order valence-electron chi connectivity index (χ4n) is 1.95. The van der Waals surface area contributed by atoms with Crippen molar-refractivity contribution in [2.75, 3.05) is 13.2 Å². The highest BCUT2D eigenvalue weighted by molar-refractivity contribution is 5.93. The van der Waals surface area contributed by atoms with Crippen LogP contribution in [0, 0.1) is 34.5 Å². The van der Waals surface area contributed by atoms with E-state index in [-0.39, 0.29) is 31.4 Å². The zero-order valence-electron chi connectivity index (χ0n) is 10.3. The third kappa shape index (κ3) is 3.21. The molecule has 96 valence electrons. The first kappa shape index (κ1) is 14.0. The van der Waals surface area contributed by atoms with E-state index in [2.05, 4.69) is 4.74 Å². The number of hydrogen-bond acceptors (Lipinski definition) is 5. The summed E-state index contributed by atoms with van der Waals surface area (Å²) < 4.78 is 4.68. The molecule has 6 heteroatoms. The van der Waals surface area contributed by atoms with Gasteiger partial charge in [-0.05, 0) is 12.3 Å². The van der Waals surface area contributed by atoms with Gasteiger partial charge in [-0.25, -0.2) is 9.69 Å². The van der Waals surface area contributed by atoms with Crippen molar-refractivity contribution in [1.29, 1.82) is 10.5 Å². The molecule has 0 aliphatic carbocycles. The maximum atomic E-state index is 11.9. The fourth-order valence-corrected chi connectivity index (χ4v) is 1.95. The lowest BCUT2D eigenvalue weighted by atomic mass is 9.87. The smallest absolute Gasteiger partial charge is 0.416 e. The van der Waals surface area contributed by atoms with Gasteiger partial charge in [-0.2, -0.15) is 10.5 Å². The van der Waals surface area contributed by atoms with E-state index in [0.29, 0.717) is 6.42 Å². The highest BCUT2D eigenvalue weighted by Gasteiger charge is 2.32. The van der Waals surface area contributed by atoms with Crippen molar-refractivity contribution in [3.05, 3.63) is 0 Å². The van der Waals surface area contributed by atoms with Crippen LogP contribution in [-0.4, -0.2) is 30.1 Å². The Hall–Kier alpha value is -2.08. The van der Waals surface area contributed by atoms with Crippen molar-refractivity contribution in [3.8, 4) is 12.1 Å². The highest BCUT2D eigenvalue weighted by atomic mass is 16.6. The number of carbonyl (C=O) groups is 2. The van der Waals surface area contributed by atoms with Crippen LogP contribution in [0.3, 0.4) is 0 Å². The van der Waals surface area contributed by atoms with Gasteiger partial charge in [-0.1, -0.05) is 13.3 Å². The van der Waals surface area contributed by atoms with Crippen molar-refractivity contribution in [2.45, 2.75) is 26.2 Å². The standard InChI is InChI=1S/C12H15N3O3/c1-2-3-9(10(7-13)8-14)6-11(16)15-4-5-18-12(15)17/h9-10H,2-6H2,1H3/t9-/m1/s1. The molecule has 0 radical (unpaired) electrons. The number of ether oxygens (including phenoxy) is 1. The van der Waals surface area contributed by atoms with E-state index in [4.69, 9.17) is 10.5 Å².